The Morgan fingerprint density at radius 2 is 2.03 bits per heavy atom. The molecule has 0 fully saturated rings. The molecule has 0 unspecified atom stereocenters. The molecule has 0 aliphatic carbocycles. The van der Waals surface area contributed by atoms with Gasteiger partial charge in [0, 0.05) is 17.1 Å². The van der Waals surface area contributed by atoms with Crippen molar-refractivity contribution in [3.63, 3.8) is 0 Å². The summed E-state index contributed by atoms with van der Waals surface area (Å²) in [6.07, 6.45) is 1.63. The van der Waals surface area contributed by atoms with E-state index in [-0.39, 0.29) is 12.5 Å². The van der Waals surface area contributed by atoms with Crippen LogP contribution in [0.5, 0.6) is 5.75 Å². The summed E-state index contributed by atoms with van der Waals surface area (Å²) >= 11 is 6.01. The van der Waals surface area contributed by atoms with E-state index in [4.69, 9.17) is 20.8 Å². The fourth-order valence-corrected chi connectivity index (χ4v) is 3.27. The van der Waals surface area contributed by atoms with Crippen molar-refractivity contribution < 1.29 is 13.9 Å². The zero-order chi connectivity index (χ0) is 21.0. The lowest BCUT2D eigenvalue weighted by molar-refractivity contribution is -0.117. The van der Waals surface area contributed by atoms with Gasteiger partial charge in [-0.2, -0.15) is 0 Å². The van der Waals surface area contributed by atoms with Crippen LogP contribution in [0, 0.1) is 13.8 Å². The average Bonchev–Trinajstić information content (AvgIpc) is 3.09. The number of rotatable bonds is 7. The zero-order valence-electron chi connectivity index (χ0n) is 17.0. The summed E-state index contributed by atoms with van der Waals surface area (Å²) < 4.78 is 10.9. The molecule has 0 aliphatic heterocycles. The predicted molar refractivity (Wildman–Crippen MR) is 114 cm³/mol. The van der Waals surface area contributed by atoms with Gasteiger partial charge in [-0.05, 0) is 50.7 Å². The van der Waals surface area contributed by atoms with Gasteiger partial charge in [-0.25, -0.2) is 4.98 Å². The average molecular weight is 414 g/mol. The molecule has 3 rings (SSSR count). The minimum Gasteiger partial charge on any atom is -0.495 e. The maximum Gasteiger partial charge on any atom is 0.238 e. The third-order valence-electron chi connectivity index (χ3n) is 4.45. The molecule has 0 bridgehead atoms. The number of ether oxygens (including phenoxy) is 1. The molecule has 1 heterocycles. The standard InChI is InChI=1S/C22H24ClN3O3/c1-14-5-7-18(15(2)9-14)22-24-17(13-29-22)11-26(3)12-21(27)25-19-10-16(23)6-8-20(19)28-4/h5-10,13H,11-12H2,1-4H3,(H,25,27). The second-order valence-corrected chi connectivity index (χ2v) is 7.46. The molecule has 6 nitrogen and oxygen atoms in total. The molecule has 0 aliphatic rings. The van der Waals surface area contributed by atoms with Crippen LogP contribution in [0.3, 0.4) is 0 Å². The first-order valence-electron chi connectivity index (χ1n) is 9.19. The Kier molecular flexibility index (Phi) is 6.56. The number of amides is 1. The van der Waals surface area contributed by atoms with Crippen LogP contribution in [-0.2, 0) is 11.3 Å². The first-order valence-corrected chi connectivity index (χ1v) is 9.57. The Labute approximate surface area is 175 Å². The Balaban J connectivity index is 1.61. The smallest absolute Gasteiger partial charge is 0.238 e. The molecule has 0 saturated carbocycles. The lowest BCUT2D eigenvalue weighted by Crippen LogP contribution is -2.30. The van der Waals surface area contributed by atoms with Crippen molar-refractivity contribution in [1.29, 1.82) is 0 Å². The highest BCUT2D eigenvalue weighted by molar-refractivity contribution is 6.31. The minimum atomic E-state index is -0.175. The molecular weight excluding hydrogens is 390 g/mol. The molecule has 0 saturated heterocycles. The number of likely N-dealkylation sites (N-methyl/N-ethyl adjacent to an activating group) is 1. The summed E-state index contributed by atoms with van der Waals surface area (Å²) in [4.78, 5) is 18.8. The molecule has 3 aromatic rings. The Morgan fingerprint density at radius 1 is 1.24 bits per heavy atom. The highest BCUT2D eigenvalue weighted by atomic mass is 35.5. The highest BCUT2D eigenvalue weighted by Crippen LogP contribution is 2.27. The summed E-state index contributed by atoms with van der Waals surface area (Å²) in [5, 5.41) is 3.35. The van der Waals surface area contributed by atoms with E-state index in [0.29, 0.717) is 28.9 Å². The second-order valence-electron chi connectivity index (χ2n) is 7.03. The van der Waals surface area contributed by atoms with E-state index in [1.807, 2.05) is 31.0 Å². The fourth-order valence-electron chi connectivity index (χ4n) is 3.10. The van der Waals surface area contributed by atoms with Gasteiger partial charge < -0.3 is 14.5 Å². The van der Waals surface area contributed by atoms with Crippen molar-refractivity contribution in [3.05, 3.63) is 64.5 Å². The van der Waals surface area contributed by atoms with Gasteiger partial charge in [0.05, 0.1) is 25.0 Å². The summed E-state index contributed by atoms with van der Waals surface area (Å²) in [5.74, 6) is 0.963. The third kappa shape index (κ3) is 5.37. The first-order chi connectivity index (χ1) is 13.9. The van der Waals surface area contributed by atoms with Crippen molar-refractivity contribution in [2.45, 2.75) is 20.4 Å². The number of hydrogen-bond donors (Lipinski definition) is 1. The number of anilines is 1. The van der Waals surface area contributed by atoms with E-state index in [1.54, 1.807) is 31.6 Å². The molecule has 0 atom stereocenters. The summed E-state index contributed by atoms with van der Waals surface area (Å²) in [7, 11) is 3.39. The van der Waals surface area contributed by atoms with Crippen LogP contribution in [0.4, 0.5) is 5.69 Å². The largest absolute Gasteiger partial charge is 0.495 e. The second kappa shape index (κ2) is 9.11. The topological polar surface area (TPSA) is 67.6 Å². The molecule has 0 spiro atoms. The number of carbonyl (C=O) groups excluding carboxylic acids is 1. The van der Waals surface area contributed by atoms with Gasteiger partial charge >= 0.3 is 0 Å². The fraction of sp³-hybridized carbons (Fsp3) is 0.273. The molecule has 1 N–H and O–H groups in total. The highest BCUT2D eigenvalue weighted by Gasteiger charge is 2.14. The molecule has 1 amide bonds. The Morgan fingerprint density at radius 3 is 2.76 bits per heavy atom. The SMILES string of the molecule is COc1ccc(Cl)cc1NC(=O)CN(C)Cc1coc(-c2ccc(C)cc2C)n1. The summed E-state index contributed by atoms with van der Waals surface area (Å²) in [6, 6.07) is 11.2. The molecule has 2 aromatic carbocycles. The van der Waals surface area contributed by atoms with Gasteiger partial charge in [-0.3, -0.25) is 9.69 Å². The minimum absolute atomic E-state index is 0.175. The van der Waals surface area contributed by atoms with Gasteiger partial charge in [-0.15, -0.1) is 0 Å². The van der Waals surface area contributed by atoms with Crippen LogP contribution in [-0.4, -0.2) is 36.5 Å². The van der Waals surface area contributed by atoms with Gasteiger partial charge in [0.15, 0.2) is 0 Å². The Bertz CT molecular complexity index is 1020. The molecular formula is C22H24ClN3O3. The molecule has 7 heteroatoms. The van der Waals surface area contributed by atoms with E-state index in [2.05, 4.69) is 23.3 Å². The third-order valence-corrected chi connectivity index (χ3v) is 4.68. The number of carbonyl (C=O) groups is 1. The van der Waals surface area contributed by atoms with E-state index in [9.17, 15) is 4.79 Å². The Hall–Kier alpha value is -2.83. The van der Waals surface area contributed by atoms with Gasteiger partial charge in [0.25, 0.3) is 0 Å². The van der Waals surface area contributed by atoms with E-state index < -0.39 is 0 Å². The lowest BCUT2D eigenvalue weighted by atomic mass is 10.1. The van der Waals surface area contributed by atoms with Crippen LogP contribution in [0.25, 0.3) is 11.5 Å². The van der Waals surface area contributed by atoms with E-state index in [0.717, 1.165) is 16.8 Å². The van der Waals surface area contributed by atoms with Crippen LogP contribution in [0.15, 0.2) is 47.1 Å². The monoisotopic (exact) mass is 413 g/mol. The molecule has 1 aromatic heterocycles. The summed E-state index contributed by atoms with van der Waals surface area (Å²) in [6.45, 7) is 4.75. The predicted octanol–water partition coefficient (Wildman–Crippen LogP) is 4.69. The van der Waals surface area contributed by atoms with Crippen LogP contribution in [0.1, 0.15) is 16.8 Å². The summed E-state index contributed by atoms with van der Waals surface area (Å²) in [5.41, 5.74) is 4.57. The van der Waals surface area contributed by atoms with E-state index in [1.165, 1.54) is 5.56 Å². The van der Waals surface area contributed by atoms with E-state index >= 15 is 0 Å². The number of nitrogens with zero attached hydrogens (tertiary/aromatic N) is 2. The number of aryl methyl sites for hydroxylation is 2. The lowest BCUT2D eigenvalue weighted by Gasteiger charge is -2.16. The molecule has 29 heavy (non-hydrogen) atoms. The number of hydrogen-bond acceptors (Lipinski definition) is 5. The van der Waals surface area contributed by atoms with Gasteiger partial charge in [0.1, 0.15) is 12.0 Å². The zero-order valence-corrected chi connectivity index (χ0v) is 17.7. The first kappa shape index (κ1) is 20.9. The van der Waals surface area contributed by atoms with Crippen molar-refractivity contribution in [3.8, 4) is 17.2 Å². The molecule has 152 valence electrons. The molecule has 0 radical (unpaired) electrons. The number of nitrogens with one attached hydrogen (secondary N) is 1. The van der Waals surface area contributed by atoms with Crippen molar-refractivity contribution in [2.75, 3.05) is 26.0 Å². The number of aromatic nitrogens is 1. The number of halogens is 1. The number of oxazole rings is 1. The van der Waals surface area contributed by atoms with Gasteiger partial charge in [0.2, 0.25) is 11.8 Å². The maximum absolute atomic E-state index is 12.4. The normalized spacial score (nSPS) is 11.0. The number of methoxy groups -OCH3 is 1. The van der Waals surface area contributed by atoms with Gasteiger partial charge in [-0.1, -0.05) is 29.3 Å². The van der Waals surface area contributed by atoms with Crippen LogP contribution < -0.4 is 10.1 Å². The quantitative estimate of drug-likeness (QED) is 0.608. The van der Waals surface area contributed by atoms with Crippen LogP contribution in [0.2, 0.25) is 5.02 Å². The van der Waals surface area contributed by atoms with Crippen molar-refractivity contribution in [1.82, 2.24) is 9.88 Å². The number of benzene rings is 2. The van der Waals surface area contributed by atoms with Crippen molar-refractivity contribution >= 4 is 23.2 Å². The maximum atomic E-state index is 12.4. The van der Waals surface area contributed by atoms with Crippen molar-refractivity contribution in [2.24, 2.45) is 0 Å². The van der Waals surface area contributed by atoms with Crippen LogP contribution >= 0.6 is 11.6 Å².